The van der Waals surface area contributed by atoms with E-state index in [1.54, 1.807) is 13.0 Å². The number of fused-ring (bicyclic) bond motifs is 1. The molecule has 1 heterocycles. The summed E-state index contributed by atoms with van der Waals surface area (Å²) < 4.78 is 70.6. The Balaban J connectivity index is 1.85. The highest BCUT2D eigenvalue weighted by atomic mass is 32.2. The van der Waals surface area contributed by atoms with Crippen LogP contribution in [0.2, 0.25) is 0 Å². The Morgan fingerprint density at radius 2 is 1.82 bits per heavy atom. The third kappa shape index (κ3) is 8.24. The van der Waals surface area contributed by atoms with E-state index in [1.807, 2.05) is 6.92 Å². The molecule has 3 atom stereocenters. The number of nitrogens with one attached hydrogen (secondary N) is 2. The van der Waals surface area contributed by atoms with Crippen LogP contribution in [0.4, 0.5) is 29.3 Å². The molecule has 2 aromatic carbocycles. The number of rotatable bonds is 7. The van der Waals surface area contributed by atoms with Crippen molar-refractivity contribution in [2.45, 2.75) is 38.6 Å². The molecule has 1 aliphatic heterocycles. The first-order chi connectivity index (χ1) is 18.6. The Morgan fingerprint density at radius 1 is 1.20 bits per heavy atom. The Morgan fingerprint density at radius 3 is 2.40 bits per heavy atom. The van der Waals surface area contributed by atoms with Gasteiger partial charge in [0.25, 0.3) is 0 Å². The lowest BCUT2D eigenvalue weighted by Gasteiger charge is -2.34. The number of halogens is 3. The fourth-order valence-electron chi connectivity index (χ4n) is 4.24. The van der Waals surface area contributed by atoms with Gasteiger partial charge in [0.2, 0.25) is 15.9 Å². The third-order valence-electron chi connectivity index (χ3n) is 6.48. The number of alkyl halides is 3. The van der Waals surface area contributed by atoms with E-state index in [4.69, 9.17) is 4.74 Å². The fourth-order valence-corrected chi connectivity index (χ4v) is 4.79. The van der Waals surface area contributed by atoms with E-state index < -0.39 is 39.9 Å². The molecule has 0 saturated heterocycles. The minimum Gasteiger partial charge on any atom is -0.488 e. The van der Waals surface area contributed by atoms with Gasteiger partial charge in [0.15, 0.2) is 0 Å². The standard InChI is InChI=1S/C26H33F3N4O6S/c1-16-13-33(17(2)15-34)24(35)12-18-11-21(31-40(4,37)38)9-10-22(18)39-23(16)14-32(3)25(36)30-20-7-5-19(6-8-20)26(27,28)29/h5-11,16-17,23,31,34H,12-15H2,1-4H3,(H,30,36)/t16-,17-,23-/m1/s1. The summed E-state index contributed by atoms with van der Waals surface area (Å²) in [4.78, 5) is 28.9. The molecule has 1 aliphatic rings. The molecule has 3 N–H and O–H groups in total. The molecule has 0 unspecified atom stereocenters. The lowest BCUT2D eigenvalue weighted by molar-refractivity contribution is -0.137. The third-order valence-corrected chi connectivity index (χ3v) is 7.09. The number of nitrogens with zero attached hydrogens (tertiary/aromatic N) is 2. The zero-order valence-electron chi connectivity index (χ0n) is 22.5. The number of carbonyl (C=O) groups excluding carboxylic acids is 2. The number of benzene rings is 2. The molecule has 0 saturated carbocycles. The van der Waals surface area contributed by atoms with E-state index in [9.17, 15) is 36.3 Å². The van der Waals surface area contributed by atoms with Crippen LogP contribution in [-0.2, 0) is 27.4 Å². The quantitative estimate of drug-likeness (QED) is 0.457. The van der Waals surface area contributed by atoms with Crippen LogP contribution in [0.25, 0.3) is 0 Å². The number of aliphatic hydroxyl groups excluding tert-OH is 1. The zero-order chi connectivity index (χ0) is 29.8. The lowest BCUT2D eigenvalue weighted by Crippen LogP contribution is -2.48. The SMILES string of the molecule is C[C@@H]1CN([C@H](C)CO)C(=O)Cc2cc(NS(C)(=O)=O)ccc2O[C@@H]1CN(C)C(=O)Nc1ccc(C(F)(F)F)cc1. The zero-order valence-corrected chi connectivity index (χ0v) is 23.3. The first-order valence-corrected chi connectivity index (χ1v) is 14.3. The lowest BCUT2D eigenvalue weighted by atomic mass is 10.0. The number of carbonyl (C=O) groups is 2. The van der Waals surface area contributed by atoms with Gasteiger partial charge in [0.05, 0.1) is 37.4 Å². The summed E-state index contributed by atoms with van der Waals surface area (Å²) in [7, 11) is -2.07. The van der Waals surface area contributed by atoms with Crippen LogP contribution < -0.4 is 14.8 Å². The van der Waals surface area contributed by atoms with Gasteiger partial charge >= 0.3 is 12.2 Å². The number of urea groups is 1. The molecule has 10 nitrogen and oxygen atoms in total. The second-order valence-corrected chi connectivity index (χ2v) is 11.7. The Labute approximate surface area is 231 Å². The van der Waals surface area contributed by atoms with Gasteiger partial charge in [-0.05, 0) is 49.4 Å². The first-order valence-electron chi connectivity index (χ1n) is 12.4. The van der Waals surface area contributed by atoms with Gasteiger partial charge < -0.3 is 25.0 Å². The van der Waals surface area contributed by atoms with Crippen molar-refractivity contribution in [2.75, 3.05) is 43.0 Å². The topological polar surface area (TPSA) is 128 Å². The molecule has 0 aliphatic carbocycles. The predicted octanol–water partition coefficient (Wildman–Crippen LogP) is 3.39. The first kappa shape index (κ1) is 31.0. The number of ether oxygens (including phenoxy) is 1. The number of anilines is 2. The molecular weight excluding hydrogens is 553 g/mol. The van der Waals surface area contributed by atoms with Crippen molar-refractivity contribution >= 4 is 33.3 Å². The molecule has 0 spiro atoms. The largest absolute Gasteiger partial charge is 0.488 e. The molecule has 220 valence electrons. The van der Waals surface area contributed by atoms with Gasteiger partial charge in [0, 0.05) is 36.4 Å². The van der Waals surface area contributed by atoms with E-state index in [0.29, 0.717) is 11.3 Å². The Kier molecular flexibility index (Phi) is 9.56. The summed E-state index contributed by atoms with van der Waals surface area (Å²) >= 11 is 0. The minimum absolute atomic E-state index is 0.0476. The maximum atomic E-state index is 13.2. The van der Waals surface area contributed by atoms with Crippen molar-refractivity contribution in [3.05, 3.63) is 53.6 Å². The highest BCUT2D eigenvalue weighted by Crippen LogP contribution is 2.31. The predicted molar refractivity (Wildman–Crippen MR) is 144 cm³/mol. The second-order valence-electron chi connectivity index (χ2n) is 9.97. The van der Waals surface area contributed by atoms with Gasteiger partial charge in [-0.15, -0.1) is 0 Å². The van der Waals surface area contributed by atoms with Crippen LogP contribution in [0.3, 0.4) is 0 Å². The van der Waals surface area contributed by atoms with Gasteiger partial charge in [-0.25, -0.2) is 13.2 Å². The number of hydrogen-bond acceptors (Lipinski definition) is 6. The van der Waals surface area contributed by atoms with E-state index in [-0.39, 0.29) is 49.3 Å². The molecule has 0 fully saturated rings. The maximum absolute atomic E-state index is 13.2. The molecule has 3 amide bonds. The molecule has 40 heavy (non-hydrogen) atoms. The van der Waals surface area contributed by atoms with Crippen LogP contribution in [0.15, 0.2) is 42.5 Å². The van der Waals surface area contributed by atoms with Gasteiger partial charge in [-0.1, -0.05) is 6.92 Å². The normalized spacial score (nSPS) is 18.9. The number of likely N-dealkylation sites (N-methyl/N-ethyl adjacent to an activating group) is 1. The summed E-state index contributed by atoms with van der Waals surface area (Å²) in [6, 6.07) is 7.52. The van der Waals surface area contributed by atoms with Crippen molar-refractivity contribution < 1.29 is 41.0 Å². The van der Waals surface area contributed by atoms with Crippen LogP contribution in [0.1, 0.15) is 25.0 Å². The summed E-state index contributed by atoms with van der Waals surface area (Å²) in [6.07, 6.45) is -4.24. The smallest absolute Gasteiger partial charge is 0.416 e. The Bertz CT molecular complexity index is 1320. The van der Waals surface area contributed by atoms with Crippen LogP contribution >= 0.6 is 0 Å². The average molecular weight is 587 g/mol. The summed E-state index contributed by atoms with van der Waals surface area (Å²) in [5, 5.41) is 12.3. The molecule has 0 bridgehead atoms. The van der Waals surface area contributed by atoms with Crippen molar-refractivity contribution in [2.24, 2.45) is 5.92 Å². The van der Waals surface area contributed by atoms with Crippen LogP contribution in [0.5, 0.6) is 5.75 Å². The minimum atomic E-state index is -4.50. The Hall–Kier alpha value is -3.52. The number of hydrogen-bond donors (Lipinski definition) is 3. The van der Waals surface area contributed by atoms with Crippen molar-refractivity contribution in [3.63, 3.8) is 0 Å². The summed E-state index contributed by atoms with van der Waals surface area (Å²) in [5.41, 5.74) is 0.00977. The van der Waals surface area contributed by atoms with E-state index in [1.165, 1.54) is 29.0 Å². The molecule has 0 aromatic heterocycles. The highest BCUT2D eigenvalue weighted by Gasteiger charge is 2.32. The van der Waals surface area contributed by atoms with E-state index >= 15 is 0 Å². The number of amides is 3. The summed E-state index contributed by atoms with van der Waals surface area (Å²) in [5.74, 6) is -0.276. The van der Waals surface area contributed by atoms with E-state index in [0.717, 1.165) is 30.5 Å². The monoisotopic (exact) mass is 586 g/mol. The van der Waals surface area contributed by atoms with Gasteiger partial charge in [-0.2, -0.15) is 13.2 Å². The molecule has 0 radical (unpaired) electrons. The average Bonchev–Trinajstić information content (AvgIpc) is 2.90. The van der Waals surface area contributed by atoms with Crippen molar-refractivity contribution in [3.8, 4) is 5.75 Å². The van der Waals surface area contributed by atoms with Crippen LogP contribution in [0, 0.1) is 5.92 Å². The van der Waals surface area contributed by atoms with Gasteiger partial charge in [-0.3, -0.25) is 9.52 Å². The number of aliphatic hydroxyl groups is 1. The number of sulfonamides is 1. The maximum Gasteiger partial charge on any atom is 0.416 e. The second kappa shape index (κ2) is 12.3. The molecule has 2 aromatic rings. The summed E-state index contributed by atoms with van der Waals surface area (Å²) in [6.45, 7) is 3.52. The van der Waals surface area contributed by atoms with Crippen molar-refractivity contribution in [1.29, 1.82) is 0 Å². The molecule has 3 rings (SSSR count). The van der Waals surface area contributed by atoms with E-state index in [2.05, 4.69) is 10.0 Å². The van der Waals surface area contributed by atoms with Gasteiger partial charge in [0.1, 0.15) is 11.9 Å². The fraction of sp³-hybridized carbons (Fsp3) is 0.462. The molecular formula is C26H33F3N4O6S. The van der Waals surface area contributed by atoms with Crippen LogP contribution in [-0.4, -0.2) is 80.4 Å². The van der Waals surface area contributed by atoms with Crippen molar-refractivity contribution in [1.82, 2.24) is 9.80 Å². The highest BCUT2D eigenvalue weighted by molar-refractivity contribution is 7.92. The molecule has 14 heteroatoms.